The molecule has 0 spiro atoms. The molecule has 0 aromatic heterocycles. The molecule has 0 aliphatic heterocycles. The molecule has 1 atom stereocenters. The number of alkyl halides is 6. The number of hydrogen-bond donors (Lipinski definition) is 3. The molecule has 0 aliphatic carbocycles. The first-order chi connectivity index (χ1) is 13.3. The molecule has 12 heteroatoms. The van der Waals surface area contributed by atoms with Crippen LogP contribution in [0.4, 0.5) is 31.1 Å². The molecular formula is C17H19F6N3O3. The van der Waals surface area contributed by atoms with Crippen molar-refractivity contribution < 1.29 is 40.7 Å². The van der Waals surface area contributed by atoms with Gasteiger partial charge in [-0.1, -0.05) is 37.3 Å². The SMILES string of the molecule is CC(CNC(=O)NCc1ccccc1)CC(=N)C(=O)OC(C(F)(F)F)C(F)(F)F. The lowest BCUT2D eigenvalue weighted by atomic mass is 10.0. The molecule has 0 bridgehead atoms. The maximum atomic E-state index is 12.4. The van der Waals surface area contributed by atoms with Crippen LogP contribution in [0.2, 0.25) is 0 Å². The number of amides is 2. The summed E-state index contributed by atoms with van der Waals surface area (Å²) >= 11 is 0. The second kappa shape index (κ2) is 10.1. The summed E-state index contributed by atoms with van der Waals surface area (Å²) in [6, 6.07) is 8.37. The summed E-state index contributed by atoms with van der Waals surface area (Å²) in [6.07, 6.45) is -16.5. The third kappa shape index (κ3) is 8.83. The van der Waals surface area contributed by atoms with Gasteiger partial charge >= 0.3 is 24.4 Å². The van der Waals surface area contributed by atoms with E-state index in [1.807, 2.05) is 0 Å². The largest absolute Gasteiger partial charge is 0.438 e. The molecule has 0 radical (unpaired) electrons. The van der Waals surface area contributed by atoms with E-state index in [-0.39, 0.29) is 13.1 Å². The Morgan fingerprint density at radius 2 is 1.59 bits per heavy atom. The predicted octanol–water partition coefficient (Wildman–Crippen LogP) is 3.57. The zero-order valence-corrected chi connectivity index (χ0v) is 15.2. The molecule has 162 valence electrons. The third-order valence-corrected chi connectivity index (χ3v) is 3.53. The molecule has 3 N–H and O–H groups in total. The molecular weight excluding hydrogens is 408 g/mol. The zero-order valence-electron chi connectivity index (χ0n) is 15.2. The molecule has 0 saturated heterocycles. The standard InChI is InChI=1S/C17H19F6N3O3/c1-10(8-25-15(28)26-9-11-5-3-2-4-6-11)7-12(24)13(27)29-14(16(18,19)20)17(21,22)23/h2-6,10,14,24H,7-9H2,1H3,(H2,25,26,28). The average Bonchev–Trinajstić information content (AvgIpc) is 2.61. The van der Waals surface area contributed by atoms with Gasteiger partial charge in [0.05, 0.1) is 0 Å². The second-order valence-corrected chi connectivity index (χ2v) is 6.21. The van der Waals surface area contributed by atoms with E-state index in [0.29, 0.717) is 0 Å². The number of esters is 1. The topological polar surface area (TPSA) is 91.3 Å². The van der Waals surface area contributed by atoms with Crippen molar-refractivity contribution in [3.8, 4) is 0 Å². The van der Waals surface area contributed by atoms with Gasteiger partial charge in [0.1, 0.15) is 5.71 Å². The highest BCUT2D eigenvalue weighted by Crippen LogP contribution is 2.35. The van der Waals surface area contributed by atoms with E-state index in [4.69, 9.17) is 5.41 Å². The number of benzene rings is 1. The molecule has 0 heterocycles. The molecule has 6 nitrogen and oxygen atoms in total. The van der Waals surface area contributed by atoms with Gasteiger partial charge in [-0.25, -0.2) is 9.59 Å². The van der Waals surface area contributed by atoms with Crippen molar-refractivity contribution in [2.45, 2.75) is 38.3 Å². The fourth-order valence-electron chi connectivity index (χ4n) is 2.11. The number of ether oxygens (including phenoxy) is 1. The van der Waals surface area contributed by atoms with E-state index in [1.54, 1.807) is 30.3 Å². The Bertz CT molecular complexity index is 693. The van der Waals surface area contributed by atoms with E-state index >= 15 is 0 Å². The van der Waals surface area contributed by atoms with E-state index in [0.717, 1.165) is 5.56 Å². The molecule has 1 unspecified atom stereocenters. The van der Waals surface area contributed by atoms with Gasteiger partial charge in [0, 0.05) is 19.5 Å². The summed E-state index contributed by atoms with van der Waals surface area (Å²) in [7, 11) is 0. The van der Waals surface area contributed by atoms with Gasteiger partial charge in [-0.15, -0.1) is 0 Å². The monoisotopic (exact) mass is 427 g/mol. The predicted molar refractivity (Wildman–Crippen MR) is 90.2 cm³/mol. The Morgan fingerprint density at radius 3 is 2.10 bits per heavy atom. The van der Waals surface area contributed by atoms with E-state index in [9.17, 15) is 35.9 Å². The van der Waals surface area contributed by atoms with Crippen molar-refractivity contribution in [2.24, 2.45) is 5.92 Å². The van der Waals surface area contributed by atoms with Gasteiger partial charge < -0.3 is 15.4 Å². The minimum Gasteiger partial charge on any atom is -0.438 e. The Balaban J connectivity index is 2.44. The molecule has 2 amide bonds. The van der Waals surface area contributed by atoms with Crippen LogP contribution in [0.1, 0.15) is 18.9 Å². The van der Waals surface area contributed by atoms with Crippen molar-refractivity contribution in [3.63, 3.8) is 0 Å². The molecule has 0 fully saturated rings. The fourth-order valence-corrected chi connectivity index (χ4v) is 2.11. The normalized spacial score (nSPS) is 13.0. The van der Waals surface area contributed by atoms with Crippen LogP contribution >= 0.6 is 0 Å². The maximum Gasteiger partial charge on any atom is 0.434 e. The van der Waals surface area contributed by atoms with E-state index in [2.05, 4.69) is 15.4 Å². The Labute approximate surface area is 162 Å². The van der Waals surface area contributed by atoms with Gasteiger partial charge in [-0.05, 0) is 11.5 Å². The lowest BCUT2D eigenvalue weighted by Gasteiger charge is -2.23. The number of carbonyl (C=O) groups is 2. The summed E-state index contributed by atoms with van der Waals surface area (Å²) in [5, 5.41) is 12.3. The number of urea groups is 1. The van der Waals surface area contributed by atoms with Gasteiger partial charge in [0.2, 0.25) is 0 Å². The Kier molecular flexibility index (Phi) is 8.46. The van der Waals surface area contributed by atoms with Crippen molar-refractivity contribution in [2.75, 3.05) is 6.54 Å². The summed E-state index contributed by atoms with van der Waals surface area (Å²) in [5.74, 6) is -2.64. The summed E-state index contributed by atoms with van der Waals surface area (Å²) < 4.78 is 77.8. The van der Waals surface area contributed by atoms with Crippen LogP contribution in [0.25, 0.3) is 0 Å². The summed E-state index contributed by atoms with van der Waals surface area (Å²) in [5.41, 5.74) is -0.230. The van der Waals surface area contributed by atoms with Crippen molar-refractivity contribution in [1.82, 2.24) is 10.6 Å². The van der Waals surface area contributed by atoms with Gasteiger partial charge in [0.25, 0.3) is 6.10 Å². The lowest BCUT2D eigenvalue weighted by molar-refractivity contribution is -0.311. The number of halogens is 6. The van der Waals surface area contributed by atoms with E-state index < -0.39 is 48.5 Å². The molecule has 0 aliphatic rings. The highest BCUT2D eigenvalue weighted by atomic mass is 19.4. The molecule has 1 aromatic carbocycles. The van der Waals surface area contributed by atoms with Crippen molar-refractivity contribution >= 4 is 17.7 Å². The number of carbonyl (C=O) groups excluding carboxylic acids is 2. The minimum absolute atomic E-state index is 0.0712. The van der Waals surface area contributed by atoms with Crippen LogP contribution in [-0.4, -0.2) is 42.7 Å². The lowest BCUT2D eigenvalue weighted by Crippen LogP contribution is -2.46. The van der Waals surface area contributed by atoms with Crippen LogP contribution in [-0.2, 0) is 16.1 Å². The summed E-state index contributed by atoms with van der Waals surface area (Å²) in [4.78, 5) is 23.1. The third-order valence-electron chi connectivity index (χ3n) is 3.53. The number of hydrogen-bond acceptors (Lipinski definition) is 4. The van der Waals surface area contributed by atoms with Crippen LogP contribution in [0, 0.1) is 11.3 Å². The smallest absolute Gasteiger partial charge is 0.434 e. The quantitative estimate of drug-likeness (QED) is 0.337. The maximum absolute atomic E-state index is 12.4. The van der Waals surface area contributed by atoms with Gasteiger partial charge in [-0.3, -0.25) is 5.41 Å². The summed E-state index contributed by atoms with van der Waals surface area (Å²) in [6.45, 7) is 1.61. The van der Waals surface area contributed by atoms with Crippen LogP contribution in [0.15, 0.2) is 30.3 Å². The zero-order chi connectivity index (χ0) is 22.2. The molecule has 29 heavy (non-hydrogen) atoms. The number of rotatable bonds is 8. The molecule has 1 rings (SSSR count). The average molecular weight is 427 g/mol. The molecule has 0 saturated carbocycles. The van der Waals surface area contributed by atoms with Crippen LogP contribution < -0.4 is 10.6 Å². The number of nitrogens with one attached hydrogen (secondary N) is 3. The first-order valence-corrected chi connectivity index (χ1v) is 8.28. The highest BCUT2D eigenvalue weighted by Gasteiger charge is 2.60. The highest BCUT2D eigenvalue weighted by molar-refractivity contribution is 6.35. The first-order valence-electron chi connectivity index (χ1n) is 8.28. The fraction of sp³-hybridized carbons (Fsp3) is 0.471. The van der Waals surface area contributed by atoms with E-state index in [1.165, 1.54) is 6.92 Å². The second-order valence-electron chi connectivity index (χ2n) is 6.21. The minimum atomic E-state index is -5.85. The first kappa shape index (κ1) is 24.2. The molecule has 1 aromatic rings. The van der Waals surface area contributed by atoms with Crippen molar-refractivity contribution in [3.05, 3.63) is 35.9 Å². The van der Waals surface area contributed by atoms with Crippen LogP contribution in [0.3, 0.4) is 0 Å². The Morgan fingerprint density at radius 1 is 1.03 bits per heavy atom. The van der Waals surface area contributed by atoms with Crippen LogP contribution in [0.5, 0.6) is 0 Å². The van der Waals surface area contributed by atoms with Crippen molar-refractivity contribution in [1.29, 1.82) is 5.41 Å². The van der Waals surface area contributed by atoms with Gasteiger partial charge in [0.15, 0.2) is 0 Å². The Hall–Kier alpha value is -2.79. The van der Waals surface area contributed by atoms with Gasteiger partial charge in [-0.2, -0.15) is 26.3 Å².